The smallest absolute Gasteiger partial charge is 0.130 e. The highest BCUT2D eigenvalue weighted by molar-refractivity contribution is 9.10. The third kappa shape index (κ3) is 2.26. The second kappa shape index (κ2) is 5.07. The Kier molecular flexibility index (Phi) is 3.68. The van der Waals surface area contributed by atoms with Crippen LogP contribution in [0.2, 0.25) is 0 Å². The standard InChI is InChI=1S/C12H13BrFN3O/c1-17-12(15)8(5-16-17)7-3-10(13)9(6-18-2)11(14)4-7/h3-5H,6,15H2,1-2H3. The fraction of sp³-hybridized carbons (Fsp3) is 0.250. The van der Waals surface area contributed by atoms with Crippen molar-refractivity contribution in [2.24, 2.45) is 7.05 Å². The molecule has 2 rings (SSSR count). The molecule has 6 heteroatoms. The molecule has 0 aliphatic rings. The zero-order valence-corrected chi connectivity index (χ0v) is 11.7. The van der Waals surface area contributed by atoms with Crippen molar-refractivity contribution in [1.82, 2.24) is 9.78 Å². The highest BCUT2D eigenvalue weighted by Crippen LogP contribution is 2.31. The van der Waals surface area contributed by atoms with Crippen LogP contribution in [0.3, 0.4) is 0 Å². The third-order valence-corrected chi connectivity index (χ3v) is 3.43. The highest BCUT2D eigenvalue weighted by atomic mass is 79.9. The SMILES string of the molecule is COCc1c(F)cc(-c2cnn(C)c2N)cc1Br. The fourth-order valence-electron chi connectivity index (χ4n) is 1.71. The lowest BCUT2D eigenvalue weighted by molar-refractivity contribution is 0.181. The Balaban J connectivity index is 2.51. The molecule has 18 heavy (non-hydrogen) atoms. The number of rotatable bonds is 3. The van der Waals surface area contributed by atoms with E-state index < -0.39 is 0 Å². The molecule has 0 bridgehead atoms. The van der Waals surface area contributed by atoms with Crippen LogP contribution in [-0.4, -0.2) is 16.9 Å². The Hall–Kier alpha value is -1.40. The Labute approximate surface area is 113 Å². The van der Waals surface area contributed by atoms with E-state index in [0.29, 0.717) is 27.0 Å². The summed E-state index contributed by atoms with van der Waals surface area (Å²) in [6, 6.07) is 3.25. The third-order valence-electron chi connectivity index (χ3n) is 2.73. The normalized spacial score (nSPS) is 10.9. The summed E-state index contributed by atoms with van der Waals surface area (Å²) in [4.78, 5) is 0. The van der Waals surface area contributed by atoms with Crippen molar-refractivity contribution >= 4 is 21.7 Å². The first kappa shape index (κ1) is 13.0. The molecule has 0 saturated carbocycles. The van der Waals surface area contributed by atoms with Crippen molar-refractivity contribution < 1.29 is 9.13 Å². The van der Waals surface area contributed by atoms with Gasteiger partial charge in [0.25, 0.3) is 0 Å². The zero-order chi connectivity index (χ0) is 13.3. The van der Waals surface area contributed by atoms with Gasteiger partial charge in [0.05, 0.1) is 12.8 Å². The number of halogens is 2. The molecule has 0 radical (unpaired) electrons. The van der Waals surface area contributed by atoms with E-state index in [0.717, 1.165) is 0 Å². The average molecular weight is 314 g/mol. The van der Waals surface area contributed by atoms with Crippen LogP contribution < -0.4 is 5.73 Å². The van der Waals surface area contributed by atoms with Gasteiger partial charge < -0.3 is 10.5 Å². The minimum absolute atomic E-state index is 0.217. The summed E-state index contributed by atoms with van der Waals surface area (Å²) in [6.45, 7) is 0.217. The van der Waals surface area contributed by atoms with Gasteiger partial charge in [-0.05, 0) is 17.7 Å². The Morgan fingerprint density at radius 2 is 2.22 bits per heavy atom. The van der Waals surface area contributed by atoms with Gasteiger partial charge in [-0.15, -0.1) is 0 Å². The van der Waals surface area contributed by atoms with Crippen molar-refractivity contribution in [1.29, 1.82) is 0 Å². The van der Waals surface area contributed by atoms with Crippen LogP contribution in [0.5, 0.6) is 0 Å². The van der Waals surface area contributed by atoms with Crippen LogP contribution in [0.1, 0.15) is 5.56 Å². The number of aryl methyl sites for hydroxylation is 1. The molecule has 0 amide bonds. The van der Waals surface area contributed by atoms with Crippen molar-refractivity contribution in [3.63, 3.8) is 0 Å². The van der Waals surface area contributed by atoms with E-state index in [1.165, 1.54) is 13.2 Å². The van der Waals surface area contributed by atoms with Gasteiger partial charge >= 0.3 is 0 Å². The summed E-state index contributed by atoms with van der Waals surface area (Å²) in [6.07, 6.45) is 1.62. The lowest BCUT2D eigenvalue weighted by Gasteiger charge is -2.08. The number of nitrogens with two attached hydrogens (primary N) is 1. The number of aromatic nitrogens is 2. The maximum Gasteiger partial charge on any atom is 0.130 e. The molecule has 0 fully saturated rings. The molecule has 0 aliphatic heterocycles. The van der Waals surface area contributed by atoms with Gasteiger partial charge in [-0.2, -0.15) is 5.10 Å². The van der Waals surface area contributed by atoms with Gasteiger partial charge in [0, 0.05) is 29.8 Å². The minimum atomic E-state index is -0.329. The van der Waals surface area contributed by atoms with E-state index in [-0.39, 0.29) is 12.4 Å². The molecule has 0 aliphatic carbocycles. The van der Waals surface area contributed by atoms with Gasteiger partial charge in [0.15, 0.2) is 0 Å². The quantitative estimate of drug-likeness (QED) is 0.948. The number of methoxy groups -OCH3 is 1. The van der Waals surface area contributed by atoms with E-state index in [4.69, 9.17) is 10.5 Å². The molecule has 96 valence electrons. The molecule has 2 N–H and O–H groups in total. The zero-order valence-electron chi connectivity index (χ0n) is 10.1. The van der Waals surface area contributed by atoms with Crippen LogP contribution in [-0.2, 0) is 18.4 Å². The van der Waals surface area contributed by atoms with Gasteiger partial charge in [0.2, 0.25) is 0 Å². The lowest BCUT2D eigenvalue weighted by Crippen LogP contribution is -1.99. The van der Waals surface area contributed by atoms with Crippen LogP contribution in [0.15, 0.2) is 22.8 Å². The van der Waals surface area contributed by atoms with E-state index in [1.54, 1.807) is 17.9 Å². The summed E-state index contributed by atoms with van der Waals surface area (Å²) < 4.78 is 21.1. The number of benzene rings is 1. The topological polar surface area (TPSA) is 53.1 Å². The maximum absolute atomic E-state index is 13.9. The van der Waals surface area contributed by atoms with Crippen molar-refractivity contribution in [3.05, 3.63) is 34.2 Å². The molecule has 0 unspecified atom stereocenters. The first-order valence-corrected chi connectivity index (χ1v) is 6.08. The number of anilines is 1. The Bertz CT molecular complexity index is 560. The minimum Gasteiger partial charge on any atom is -0.383 e. The summed E-state index contributed by atoms with van der Waals surface area (Å²) in [5.74, 6) is 0.172. The predicted octanol–water partition coefficient (Wildman–Crippen LogP) is 2.72. The molecule has 2 aromatic rings. The molecule has 1 heterocycles. The van der Waals surface area contributed by atoms with Crippen molar-refractivity contribution in [2.75, 3.05) is 12.8 Å². The van der Waals surface area contributed by atoms with E-state index >= 15 is 0 Å². The molecule has 0 spiro atoms. The van der Waals surface area contributed by atoms with Crippen LogP contribution in [0.4, 0.5) is 10.2 Å². The molecule has 1 aromatic carbocycles. The first-order valence-electron chi connectivity index (χ1n) is 5.29. The second-order valence-corrected chi connectivity index (χ2v) is 4.77. The summed E-state index contributed by atoms with van der Waals surface area (Å²) in [5.41, 5.74) is 7.75. The predicted molar refractivity (Wildman–Crippen MR) is 71.4 cm³/mol. The van der Waals surface area contributed by atoms with E-state index in [1.807, 2.05) is 6.07 Å². The van der Waals surface area contributed by atoms with E-state index in [9.17, 15) is 4.39 Å². The van der Waals surface area contributed by atoms with Crippen LogP contribution in [0.25, 0.3) is 11.1 Å². The van der Waals surface area contributed by atoms with Gasteiger partial charge in [0.1, 0.15) is 11.6 Å². The molecular formula is C12H13BrFN3O. The molecular weight excluding hydrogens is 301 g/mol. The summed E-state index contributed by atoms with van der Waals surface area (Å²) >= 11 is 3.34. The Morgan fingerprint density at radius 1 is 1.50 bits per heavy atom. The lowest BCUT2D eigenvalue weighted by atomic mass is 10.1. The molecule has 1 aromatic heterocycles. The van der Waals surface area contributed by atoms with Crippen LogP contribution >= 0.6 is 15.9 Å². The number of nitrogen functional groups attached to an aromatic ring is 1. The molecule has 0 atom stereocenters. The van der Waals surface area contributed by atoms with Gasteiger partial charge in [-0.25, -0.2) is 4.39 Å². The summed E-state index contributed by atoms with van der Waals surface area (Å²) in [7, 11) is 3.27. The number of ether oxygens (including phenoxy) is 1. The monoisotopic (exact) mass is 313 g/mol. The van der Waals surface area contributed by atoms with Crippen molar-refractivity contribution in [3.8, 4) is 11.1 Å². The first-order chi connectivity index (χ1) is 8.54. The molecule has 4 nitrogen and oxygen atoms in total. The number of nitrogens with zero attached hydrogens (tertiary/aromatic N) is 2. The number of hydrogen-bond donors (Lipinski definition) is 1. The second-order valence-electron chi connectivity index (χ2n) is 3.92. The maximum atomic E-state index is 13.9. The largest absolute Gasteiger partial charge is 0.383 e. The summed E-state index contributed by atoms with van der Waals surface area (Å²) in [5, 5.41) is 4.04. The van der Waals surface area contributed by atoms with E-state index in [2.05, 4.69) is 21.0 Å². The van der Waals surface area contributed by atoms with Gasteiger partial charge in [-0.1, -0.05) is 15.9 Å². The molecule has 0 saturated heterocycles. The Morgan fingerprint density at radius 3 is 2.72 bits per heavy atom. The fourth-order valence-corrected chi connectivity index (χ4v) is 2.26. The van der Waals surface area contributed by atoms with Gasteiger partial charge in [-0.3, -0.25) is 4.68 Å². The number of hydrogen-bond acceptors (Lipinski definition) is 3. The van der Waals surface area contributed by atoms with Crippen molar-refractivity contribution in [2.45, 2.75) is 6.61 Å². The highest BCUT2D eigenvalue weighted by Gasteiger charge is 2.13. The average Bonchev–Trinajstić information content (AvgIpc) is 2.65. The van der Waals surface area contributed by atoms with Crippen LogP contribution in [0, 0.1) is 5.82 Å².